The third-order valence-corrected chi connectivity index (χ3v) is 4.17. The first kappa shape index (κ1) is 16.8. The number of benzene rings is 1. The molecular formula is C19H23ClN4. The van der Waals surface area contributed by atoms with Crippen molar-refractivity contribution < 1.29 is 0 Å². The molecule has 0 spiro atoms. The predicted octanol–water partition coefficient (Wildman–Crippen LogP) is 5.17. The lowest BCUT2D eigenvalue weighted by Gasteiger charge is -2.21. The lowest BCUT2D eigenvalue weighted by atomic mass is 9.92. The minimum absolute atomic E-state index is 0.0584. The molecule has 5 heteroatoms. The van der Waals surface area contributed by atoms with E-state index in [4.69, 9.17) is 16.6 Å². The summed E-state index contributed by atoms with van der Waals surface area (Å²) in [7, 11) is 0. The number of nitrogens with one attached hydrogen (secondary N) is 1. The first-order valence-electron chi connectivity index (χ1n) is 8.18. The predicted molar refractivity (Wildman–Crippen MR) is 101 cm³/mol. The minimum atomic E-state index is -0.0584. The summed E-state index contributed by atoms with van der Waals surface area (Å²) in [6, 6.07) is 10.2. The fourth-order valence-corrected chi connectivity index (χ4v) is 2.85. The van der Waals surface area contributed by atoms with E-state index in [1.54, 1.807) is 0 Å². The maximum absolute atomic E-state index is 6.39. The molecule has 3 rings (SSSR count). The molecule has 1 N–H and O–H groups in total. The number of anilines is 1. The van der Waals surface area contributed by atoms with E-state index in [9.17, 15) is 0 Å². The zero-order chi connectivity index (χ0) is 17.5. The number of hydrogen-bond acceptors (Lipinski definition) is 3. The third kappa shape index (κ3) is 3.11. The van der Waals surface area contributed by atoms with Gasteiger partial charge in [0.05, 0.1) is 11.9 Å². The van der Waals surface area contributed by atoms with E-state index < -0.39 is 0 Å². The number of fused-ring (bicyclic) bond motifs is 1. The number of hydrogen-bond donors (Lipinski definition) is 1. The molecular weight excluding hydrogens is 320 g/mol. The number of nitrogens with zero attached hydrogens (tertiary/aromatic N) is 3. The van der Waals surface area contributed by atoms with Gasteiger partial charge in [-0.2, -0.15) is 9.61 Å². The standard InChI is InChI=1S/C19H23ClN4/c1-12(2)22-17-10-16(19(3,4)5)23-18-14(11-21-24(17)18)13-8-6-7-9-15(13)20/h6-12,22H,1-5H3. The van der Waals surface area contributed by atoms with Gasteiger partial charge in [-0.05, 0) is 19.9 Å². The molecule has 0 atom stereocenters. The average Bonchev–Trinajstić information content (AvgIpc) is 2.90. The number of aromatic nitrogens is 3. The van der Waals surface area contributed by atoms with Crippen molar-refractivity contribution in [2.24, 2.45) is 0 Å². The lowest BCUT2D eigenvalue weighted by Crippen LogP contribution is -2.19. The van der Waals surface area contributed by atoms with Gasteiger partial charge >= 0.3 is 0 Å². The fourth-order valence-electron chi connectivity index (χ4n) is 2.62. The summed E-state index contributed by atoms with van der Waals surface area (Å²) >= 11 is 6.39. The second kappa shape index (κ2) is 6.10. The summed E-state index contributed by atoms with van der Waals surface area (Å²) < 4.78 is 1.86. The maximum atomic E-state index is 6.39. The molecule has 0 saturated carbocycles. The van der Waals surface area contributed by atoms with E-state index in [0.717, 1.165) is 28.3 Å². The molecule has 3 aromatic rings. The van der Waals surface area contributed by atoms with Gasteiger partial charge in [0.1, 0.15) is 5.82 Å². The number of rotatable bonds is 3. The Labute approximate surface area is 147 Å². The van der Waals surface area contributed by atoms with Crippen LogP contribution in [0.25, 0.3) is 16.8 Å². The monoisotopic (exact) mass is 342 g/mol. The molecule has 4 nitrogen and oxygen atoms in total. The van der Waals surface area contributed by atoms with Crippen molar-refractivity contribution in [3.8, 4) is 11.1 Å². The topological polar surface area (TPSA) is 42.2 Å². The highest BCUT2D eigenvalue weighted by Crippen LogP contribution is 2.33. The molecule has 0 unspecified atom stereocenters. The van der Waals surface area contributed by atoms with Crippen LogP contribution in [0.2, 0.25) is 5.02 Å². The molecule has 0 aliphatic rings. The van der Waals surface area contributed by atoms with Crippen LogP contribution in [-0.2, 0) is 5.41 Å². The Morgan fingerprint density at radius 1 is 1.12 bits per heavy atom. The first-order valence-corrected chi connectivity index (χ1v) is 8.56. The van der Waals surface area contributed by atoms with Crippen LogP contribution < -0.4 is 5.32 Å². The molecule has 24 heavy (non-hydrogen) atoms. The van der Waals surface area contributed by atoms with Gasteiger partial charge in [-0.15, -0.1) is 0 Å². The zero-order valence-corrected chi connectivity index (χ0v) is 15.5. The van der Waals surface area contributed by atoms with E-state index in [-0.39, 0.29) is 5.41 Å². The minimum Gasteiger partial charge on any atom is -0.368 e. The zero-order valence-electron chi connectivity index (χ0n) is 14.8. The Bertz CT molecular complexity index is 875. The van der Waals surface area contributed by atoms with E-state index >= 15 is 0 Å². The number of halogens is 1. The highest BCUT2D eigenvalue weighted by Gasteiger charge is 2.21. The van der Waals surface area contributed by atoms with Gasteiger partial charge < -0.3 is 5.32 Å². The van der Waals surface area contributed by atoms with Gasteiger partial charge in [0, 0.05) is 33.7 Å². The van der Waals surface area contributed by atoms with Crippen molar-refractivity contribution in [2.75, 3.05) is 5.32 Å². The van der Waals surface area contributed by atoms with Gasteiger partial charge in [-0.25, -0.2) is 4.98 Å². The highest BCUT2D eigenvalue weighted by atomic mass is 35.5. The molecule has 0 aliphatic carbocycles. The van der Waals surface area contributed by atoms with Crippen molar-refractivity contribution in [3.05, 3.63) is 47.2 Å². The summed E-state index contributed by atoms with van der Waals surface area (Å²) in [6.45, 7) is 10.7. The summed E-state index contributed by atoms with van der Waals surface area (Å²) in [6.07, 6.45) is 1.83. The van der Waals surface area contributed by atoms with E-state index in [2.05, 4.69) is 51.1 Å². The van der Waals surface area contributed by atoms with Gasteiger partial charge in [-0.1, -0.05) is 50.6 Å². The Kier molecular flexibility index (Phi) is 4.26. The summed E-state index contributed by atoms with van der Waals surface area (Å²) in [4.78, 5) is 4.89. The highest BCUT2D eigenvalue weighted by molar-refractivity contribution is 6.33. The molecule has 0 fully saturated rings. The quantitative estimate of drug-likeness (QED) is 0.714. The van der Waals surface area contributed by atoms with Crippen molar-refractivity contribution in [2.45, 2.75) is 46.1 Å². The van der Waals surface area contributed by atoms with Gasteiger partial charge in [0.25, 0.3) is 0 Å². The molecule has 0 radical (unpaired) electrons. The van der Waals surface area contributed by atoms with Crippen molar-refractivity contribution in [1.82, 2.24) is 14.6 Å². The Morgan fingerprint density at radius 3 is 2.46 bits per heavy atom. The third-order valence-electron chi connectivity index (χ3n) is 3.84. The SMILES string of the molecule is CC(C)Nc1cc(C(C)(C)C)nc2c(-c3ccccc3Cl)cnn12. The lowest BCUT2D eigenvalue weighted by molar-refractivity contribution is 0.568. The van der Waals surface area contributed by atoms with Crippen LogP contribution in [0.4, 0.5) is 5.82 Å². The van der Waals surface area contributed by atoms with Crippen LogP contribution >= 0.6 is 11.6 Å². The summed E-state index contributed by atoms with van der Waals surface area (Å²) in [5.41, 5.74) is 3.67. The van der Waals surface area contributed by atoms with Gasteiger partial charge in [-0.3, -0.25) is 0 Å². The van der Waals surface area contributed by atoms with Crippen molar-refractivity contribution in [1.29, 1.82) is 0 Å². The normalized spacial score (nSPS) is 12.1. The molecule has 2 heterocycles. The second-order valence-corrected chi connectivity index (χ2v) is 7.76. The molecule has 126 valence electrons. The van der Waals surface area contributed by atoms with Crippen molar-refractivity contribution >= 4 is 23.1 Å². The van der Waals surface area contributed by atoms with Crippen LogP contribution in [0.1, 0.15) is 40.3 Å². The van der Waals surface area contributed by atoms with E-state index in [0.29, 0.717) is 11.1 Å². The largest absolute Gasteiger partial charge is 0.368 e. The van der Waals surface area contributed by atoms with Crippen LogP contribution in [0.3, 0.4) is 0 Å². The molecule has 1 aromatic carbocycles. The molecule has 2 aromatic heterocycles. The van der Waals surface area contributed by atoms with E-state index in [1.165, 1.54) is 0 Å². The molecule has 0 amide bonds. The molecule has 0 aliphatic heterocycles. The first-order chi connectivity index (χ1) is 11.3. The van der Waals surface area contributed by atoms with Crippen LogP contribution in [-0.4, -0.2) is 20.6 Å². The Morgan fingerprint density at radius 2 is 1.83 bits per heavy atom. The summed E-state index contributed by atoms with van der Waals surface area (Å²) in [5, 5.41) is 8.72. The molecule has 0 saturated heterocycles. The average molecular weight is 343 g/mol. The smallest absolute Gasteiger partial charge is 0.165 e. The second-order valence-electron chi connectivity index (χ2n) is 7.35. The van der Waals surface area contributed by atoms with Gasteiger partial charge in [0.15, 0.2) is 5.65 Å². The fraction of sp³-hybridized carbons (Fsp3) is 0.368. The maximum Gasteiger partial charge on any atom is 0.165 e. The van der Waals surface area contributed by atoms with Gasteiger partial charge in [0.2, 0.25) is 0 Å². The van der Waals surface area contributed by atoms with Crippen LogP contribution in [0.15, 0.2) is 36.5 Å². The van der Waals surface area contributed by atoms with Crippen LogP contribution in [0.5, 0.6) is 0 Å². The van der Waals surface area contributed by atoms with E-state index in [1.807, 2.05) is 35.0 Å². The summed E-state index contributed by atoms with van der Waals surface area (Å²) in [5.74, 6) is 0.943. The Hall–Kier alpha value is -2.07. The molecule has 0 bridgehead atoms. The van der Waals surface area contributed by atoms with Crippen molar-refractivity contribution in [3.63, 3.8) is 0 Å². The van der Waals surface area contributed by atoms with Crippen LogP contribution in [0, 0.1) is 0 Å². The Balaban J connectivity index is 2.29.